The Kier molecular flexibility index (Phi) is 5.23. The van der Waals surface area contributed by atoms with Gasteiger partial charge in [-0.25, -0.2) is 14.0 Å². The van der Waals surface area contributed by atoms with E-state index in [4.69, 9.17) is 5.11 Å². The lowest BCUT2D eigenvalue weighted by Crippen LogP contribution is -2.45. The van der Waals surface area contributed by atoms with E-state index in [2.05, 4.69) is 10.6 Å². The third-order valence-electron chi connectivity index (χ3n) is 2.62. The summed E-state index contributed by atoms with van der Waals surface area (Å²) in [4.78, 5) is 35.6. The van der Waals surface area contributed by atoms with Gasteiger partial charge in [-0.15, -0.1) is 0 Å². The minimum absolute atomic E-state index is 0.190. The largest absolute Gasteiger partial charge is 0.478 e. The van der Waals surface area contributed by atoms with Gasteiger partial charge in [-0.1, -0.05) is 0 Å². The zero-order valence-electron chi connectivity index (χ0n) is 11.8. The number of nitrogens with zero attached hydrogens (tertiary/aromatic N) is 1. The number of likely N-dealkylation sites (N-methyl/N-ethyl adjacent to an activating group) is 1. The standard InChI is InChI=1S/C13H16FN3O4/c1-7(11(18)17(2)3)15-13(21)16-10-6-8(14)4-5-9(10)12(19)20/h4-7H,1-3H3,(H,19,20)(H2,15,16,21). The molecule has 0 saturated heterocycles. The highest BCUT2D eigenvalue weighted by Gasteiger charge is 2.19. The van der Waals surface area contributed by atoms with E-state index in [9.17, 15) is 18.8 Å². The number of aromatic carboxylic acids is 1. The van der Waals surface area contributed by atoms with Crippen LogP contribution in [0.4, 0.5) is 14.9 Å². The van der Waals surface area contributed by atoms with Gasteiger partial charge in [0.2, 0.25) is 5.91 Å². The van der Waals surface area contributed by atoms with E-state index >= 15 is 0 Å². The molecule has 8 heteroatoms. The third kappa shape index (κ3) is 4.44. The molecule has 1 aromatic rings. The number of carbonyl (C=O) groups is 3. The fraction of sp³-hybridized carbons (Fsp3) is 0.308. The second kappa shape index (κ2) is 6.69. The van der Waals surface area contributed by atoms with Crippen LogP contribution in [0.15, 0.2) is 18.2 Å². The molecule has 0 aromatic heterocycles. The van der Waals surface area contributed by atoms with Crippen LogP contribution in [0.2, 0.25) is 0 Å². The lowest BCUT2D eigenvalue weighted by atomic mass is 10.2. The van der Waals surface area contributed by atoms with Crippen molar-refractivity contribution in [2.75, 3.05) is 19.4 Å². The van der Waals surface area contributed by atoms with Crippen LogP contribution >= 0.6 is 0 Å². The lowest BCUT2D eigenvalue weighted by Gasteiger charge is -2.18. The maximum absolute atomic E-state index is 13.1. The Morgan fingerprint density at radius 2 is 1.90 bits per heavy atom. The predicted octanol–water partition coefficient (Wildman–Crippen LogP) is 1.12. The molecule has 0 fully saturated rings. The fourth-order valence-corrected chi connectivity index (χ4v) is 1.61. The minimum Gasteiger partial charge on any atom is -0.478 e. The van der Waals surface area contributed by atoms with Crippen LogP contribution in [-0.4, -0.2) is 48.1 Å². The van der Waals surface area contributed by atoms with Crippen LogP contribution in [0, 0.1) is 5.82 Å². The molecule has 0 radical (unpaired) electrons. The molecule has 0 bridgehead atoms. The molecule has 1 aromatic carbocycles. The SMILES string of the molecule is CC(NC(=O)Nc1cc(F)ccc1C(=O)O)C(=O)N(C)C. The highest BCUT2D eigenvalue weighted by molar-refractivity contribution is 6.00. The van der Waals surface area contributed by atoms with E-state index in [1.54, 1.807) is 0 Å². The Labute approximate surface area is 120 Å². The summed E-state index contributed by atoms with van der Waals surface area (Å²) in [5.41, 5.74) is -0.442. The lowest BCUT2D eigenvalue weighted by molar-refractivity contribution is -0.130. The van der Waals surface area contributed by atoms with Gasteiger partial charge in [-0.2, -0.15) is 0 Å². The van der Waals surface area contributed by atoms with Crippen LogP contribution < -0.4 is 10.6 Å². The summed E-state index contributed by atoms with van der Waals surface area (Å²) in [5, 5.41) is 13.5. The summed E-state index contributed by atoms with van der Waals surface area (Å²) in [6.45, 7) is 1.48. The van der Waals surface area contributed by atoms with Crippen molar-refractivity contribution in [3.05, 3.63) is 29.6 Å². The number of hydrogen-bond acceptors (Lipinski definition) is 3. The summed E-state index contributed by atoms with van der Waals surface area (Å²) in [6.07, 6.45) is 0. The Morgan fingerprint density at radius 1 is 1.29 bits per heavy atom. The molecule has 21 heavy (non-hydrogen) atoms. The first-order valence-corrected chi connectivity index (χ1v) is 6.04. The van der Waals surface area contributed by atoms with Crippen molar-refractivity contribution in [3.8, 4) is 0 Å². The van der Waals surface area contributed by atoms with Gasteiger partial charge < -0.3 is 20.6 Å². The maximum Gasteiger partial charge on any atom is 0.337 e. The predicted molar refractivity (Wildman–Crippen MR) is 73.7 cm³/mol. The van der Waals surface area contributed by atoms with Crippen LogP contribution in [0.1, 0.15) is 17.3 Å². The summed E-state index contributed by atoms with van der Waals surface area (Å²) >= 11 is 0. The number of rotatable bonds is 4. The van der Waals surface area contributed by atoms with Crippen molar-refractivity contribution in [1.29, 1.82) is 0 Å². The van der Waals surface area contributed by atoms with Gasteiger partial charge in [-0.3, -0.25) is 4.79 Å². The van der Waals surface area contributed by atoms with Crippen molar-refractivity contribution in [2.45, 2.75) is 13.0 Å². The number of urea groups is 1. The van der Waals surface area contributed by atoms with Crippen LogP contribution in [0.25, 0.3) is 0 Å². The van der Waals surface area contributed by atoms with Crippen LogP contribution in [0.5, 0.6) is 0 Å². The van der Waals surface area contributed by atoms with E-state index in [0.717, 1.165) is 18.2 Å². The second-order valence-electron chi connectivity index (χ2n) is 4.55. The quantitative estimate of drug-likeness (QED) is 0.775. The van der Waals surface area contributed by atoms with E-state index < -0.39 is 23.9 Å². The third-order valence-corrected chi connectivity index (χ3v) is 2.62. The summed E-state index contributed by atoms with van der Waals surface area (Å²) in [7, 11) is 3.07. The molecule has 0 spiro atoms. The van der Waals surface area contributed by atoms with Gasteiger partial charge >= 0.3 is 12.0 Å². The molecular formula is C13H16FN3O4. The van der Waals surface area contributed by atoms with Gasteiger partial charge in [0.05, 0.1) is 11.3 Å². The summed E-state index contributed by atoms with van der Waals surface area (Å²) in [5.74, 6) is -2.32. The fourth-order valence-electron chi connectivity index (χ4n) is 1.61. The van der Waals surface area contributed by atoms with Crippen molar-refractivity contribution in [1.82, 2.24) is 10.2 Å². The molecule has 3 N–H and O–H groups in total. The first-order valence-electron chi connectivity index (χ1n) is 6.04. The average Bonchev–Trinajstić information content (AvgIpc) is 2.36. The van der Waals surface area contributed by atoms with Crippen LogP contribution in [-0.2, 0) is 4.79 Å². The topological polar surface area (TPSA) is 98.7 Å². The number of halogens is 1. The monoisotopic (exact) mass is 297 g/mol. The molecule has 1 rings (SSSR count). The first kappa shape index (κ1) is 16.4. The molecule has 1 atom stereocenters. The summed E-state index contributed by atoms with van der Waals surface area (Å²) < 4.78 is 13.1. The first-order chi connectivity index (χ1) is 9.72. The van der Waals surface area contributed by atoms with E-state index in [1.165, 1.54) is 25.9 Å². The molecule has 0 aliphatic heterocycles. The molecule has 0 aliphatic rings. The van der Waals surface area contributed by atoms with Gasteiger partial charge in [0.25, 0.3) is 0 Å². The smallest absolute Gasteiger partial charge is 0.337 e. The van der Waals surface area contributed by atoms with E-state index in [-0.39, 0.29) is 17.2 Å². The number of carboxylic acids is 1. The van der Waals surface area contributed by atoms with Crippen molar-refractivity contribution >= 4 is 23.6 Å². The molecule has 3 amide bonds. The molecule has 114 valence electrons. The highest BCUT2D eigenvalue weighted by Crippen LogP contribution is 2.17. The number of carboxylic acid groups (broad SMARTS) is 1. The summed E-state index contributed by atoms with van der Waals surface area (Å²) in [6, 6.07) is 1.31. The molecule has 0 aliphatic carbocycles. The van der Waals surface area contributed by atoms with Gasteiger partial charge in [-0.05, 0) is 25.1 Å². The van der Waals surface area contributed by atoms with Gasteiger partial charge in [0.1, 0.15) is 11.9 Å². The Hall–Kier alpha value is -2.64. The Balaban J connectivity index is 2.82. The van der Waals surface area contributed by atoms with E-state index in [1.807, 2.05) is 0 Å². The Morgan fingerprint density at radius 3 is 2.43 bits per heavy atom. The molecule has 0 saturated carbocycles. The number of anilines is 1. The van der Waals surface area contributed by atoms with Crippen molar-refractivity contribution < 1.29 is 23.9 Å². The maximum atomic E-state index is 13.1. The number of nitrogens with one attached hydrogen (secondary N) is 2. The number of hydrogen-bond donors (Lipinski definition) is 3. The second-order valence-corrected chi connectivity index (χ2v) is 4.55. The molecule has 7 nitrogen and oxygen atoms in total. The zero-order valence-corrected chi connectivity index (χ0v) is 11.8. The normalized spacial score (nSPS) is 11.4. The number of amides is 3. The minimum atomic E-state index is -1.30. The van der Waals surface area contributed by atoms with Gasteiger partial charge in [0, 0.05) is 14.1 Å². The number of benzene rings is 1. The molecule has 0 heterocycles. The van der Waals surface area contributed by atoms with Crippen molar-refractivity contribution in [3.63, 3.8) is 0 Å². The highest BCUT2D eigenvalue weighted by atomic mass is 19.1. The van der Waals surface area contributed by atoms with Crippen molar-refractivity contribution in [2.24, 2.45) is 0 Å². The van der Waals surface area contributed by atoms with Crippen LogP contribution in [0.3, 0.4) is 0 Å². The van der Waals surface area contributed by atoms with E-state index in [0.29, 0.717) is 0 Å². The number of carbonyl (C=O) groups excluding carboxylic acids is 2. The average molecular weight is 297 g/mol. The van der Waals surface area contributed by atoms with Gasteiger partial charge in [0.15, 0.2) is 0 Å². The molecule has 1 unspecified atom stereocenters. The Bertz CT molecular complexity index is 575. The zero-order chi connectivity index (χ0) is 16.2. The molecular weight excluding hydrogens is 281 g/mol.